The number of ether oxygens (including phenoxy) is 1. The average molecular weight is 288 g/mol. The van der Waals surface area contributed by atoms with Crippen molar-refractivity contribution in [2.24, 2.45) is 0 Å². The molecule has 0 spiro atoms. The van der Waals surface area contributed by atoms with Crippen LogP contribution < -0.4 is 5.32 Å². The highest BCUT2D eigenvalue weighted by atomic mass is 19.1. The smallest absolute Gasteiger partial charge is 0.340 e. The van der Waals surface area contributed by atoms with Crippen LogP contribution in [0.2, 0.25) is 0 Å². The molecule has 1 aromatic heterocycles. The molecule has 8 nitrogen and oxygen atoms in total. The Balaban J connectivity index is 2.32. The molecule has 0 fully saturated rings. The fourth-order valence-electron chi connectivity index (χ4n) is 1.49. The third-order valence-electron chi connectivity index (χ3n) is 2.47. The number of esters is 1. The lowest BCUT2D eigenvalue weighted by atomic mass is 10.1. The Bertz CT molecular complexity index is 720. The van der Waals surface area contributed by atoms with Crippen LogP contribution in [0.25, 0.3) is 5.57 Å². The Morgan fingerprint density at radius 1 is 1.57 bits per heavy atom. The lowest BCUT2D eigenvalue weighted by molar-refractivity contribution is 0.0601. The van der Waals surface area contributed by atoms with Gasteiger partial charge in [-0.3, -0.25) is 0 Å². The van der Waals surface area contributed by atoms with Crippen molar-refractivity contribution >= 4 is 17.2 Å². The summed E-state index contributed by atoms with van der Waals surface area (Å²) in [5.74, 6) is -1.20. The molecule has 0 bridgehead atoms. The molecule has 2 rings (SSSR count). The molecule has 0 aliphatic rings. The van der Waals surface area contributed by atoms with Gasteiger partial charge in [0.25, 0.3) is 0 Å². The zero-order chi connectivity index (χ0) is 15.2. The number of H-pyrrole nitrogens is 1. The van der Waals surface area contributed by atoms with Gasteiger partial charge in [0, 0.05) is 6.20 Å². The zero-order valence-electron chi connectivity index (χ0n) is 10.8. The molecule has 0 radical (unpaired) electrons. The standard InChI is InChI=1S/C12H9FN6O2/c1-21-12(20)9-4-8(13)2-3-10(9)15-6-7(5-14)11-16-18-19-17-11/h2-4,6,15H,1H3,(H,16,17,18,19). The predicted molar refractivity (Wildman–Crippen MR) is 69.1 cm³/mol. The van der Waals surface area contributed by atoms with Gasteiger partial charge >= 0.3 is 5.97 Å². The number of halogens is 1. The second-order valence-corrected chi connectivity index (χ2v) is 3.73. The minimum atomic E-state index is -0.705. The lowest BCUT2D eigenvalue weighted by Crippen LogP contribution is -2.06. The van der Waals surface area contributed by atoms with Crippen LogP contribution in [0.4, 0.5) is 10.1 Å². The molecule has 1 aromatic carbocycles. The number of aromatic amines is 1. The monoisotopic (exact) mass is 288 g/mol. The molecule has 0 aliphatic carbocycles. The molecule has 0 unspecified atom stereocenters. The number of anilines is 1. The first-order valence-corrected chi connectivity index (χ1v) is 5.64. The fraction of sp³-hybridized carbons (Fsp3) is 0.0833. The van der Waals surface area contributed by atoms with E-state index in [1.807, 2.05) is 6.07 Å². The first kappa shape index (κ1) is 14.1. The molecule has 2 aromatic rings. The Morgan fingerprint density at radius 2 is 2.38 bits per heavy atom. The van der Waals surface area contributed by atoms with Crippen molar-refractivity contribution in [3.05, 3.63) is 41.6 Å². The van der Waals surface area contributed by atoms with Crippen LogP contribution in [-0.4, -0.2) is 33.7 Å². The maximum atomic E-state index is 13.2. The fourth-order valence-corrected chi connectivity index (χ4v) is 1.49. The van der Waals surface area contributed by atoms with Crippen LogP contribution in [0.5, 0.6) is 0 Å². The molecule has 0 atom stereocenters. The number of aromatic nitrogens is 4. The van der Waals surface area contributed by atoms with Gasteiger partial charge in [0.1, 0.15) is 17.5 Å². The molecule has 1 heterocycles. The minimum Gasteiger partial charge on any atom is -0.465 e. The molecule has 9 heteroatoms. The highest BCUT2D eigenvalue weighted by molar-refractivity contribution is 5.96. The molecule has 0 aliphatic heterocycles. The summed E-state index contributed by atoms with van der Waals surface area (Å²) in [5, 5.41) is 24.6. The largest absolute Gasteiger partial charge is 0.465 e. The number of allylic oxidation sites excluding steroid dienone is 1. The van der Waals surface area contributed by atoms with Crippen molar-refractivity contribution in [3.63, 3.8) is 0 Å². The second-order valence-electron chi connectivity index (χ2n) is 3.73. The minimum absolute atomic E-state index is 0.000785. The summed E-state index contributed by atoms with van der Waals surface area (Å²) in [6.07, 6.45) is 1.28. The summed E-state index contributed by atoms with van der Waals surface area (Å²) >= 11 is 0. The van der Waals surface area contributed by atoms with Crippen molar-refractivity contribution in [2.45, 2.75) is 0 Å². The molecule has 0 amide bonds. The first-order valence-electron chi connectivity index (χ1n) is 5.64. The number of nitriles is 1. The Morgan fingerprint density at radius 3 is 3.00 bits per heavy atom. The van der Waals surface area contributed by atoms with Gasteiger partial charge in [-0.05, 0) is 23.4 Å². The van der Waals surface area contributed by atoms with Crippen molar-refractivity contribution < 1.29 is 13.9 Å². The van der Waals surface area contributed by atoms with Gasteiger partial charge in [-0.25, -0.2) is 9.18 Å². The van der Waals surface area contributed by atoms with Crippen LogP contribution >= 0.6 is 0 Å². The third kappa shape index (κ3) is 3.19. The topological polar surface area (TPSA) is 117 Å². The van der Waals surface area contributed by atoms with Crippen LogP contribution in [0.3, 0.4) is 0 Å². The van der Waals surface area contributed by atoms with Gasteiger partial charge in [-0.2, -0.15) is 10.5 Å². The van der Waals surface area contributed by atoms with E-state index < -0.39 is 11.8 Å². The van der Waals surface area contributed by atoms with E-state index in [1.165, 1.54) is 25.4 Å². The van der Waals surface area contributed by atoms with Gasteiger partial charge in [0.05, 0.1) is 18.4 Å². The van der Waals surface area contributed by atoms with Gasteiger partial charge in [-0.15, -0.1) is 10.2 Å². The van der Waals surface area contributed by atoms with E-state index in [2.05, 4.69) is 30.7 Å². The predicted octanol–water partition coefficient (Wildman–Crippen LogP) is 1.10. The summed E-state index contributed by atoms with van der Waals surface area (Å²) in [4.78, 5) is 11.6. The number of methoxy groups -OCH3 is 1. The Kier molecular flexibility index (Phi) is 4.20. The van der Waals surface area contributed by atoms with Gasteiger partial charge in [0.15, 0.2) is 0 Å². The number of tetrazole rings is 1. The van der Waals surface area contributed by atoms with Crippen LogP contribution in [0.1, 0.15) is 16.2 Å². The average Bonchev–Trinajstić information content (AvgIpc) is 3.02. The highest BCUT2D eigenvalue weighted by Gasteiger charge is 2.13. The molecular weight excluding hydrogens is 279 g/mol. The summed E-state index contributed by atoms with van der Waals surface area (Å²) in [6, 6.07) is 5.42. The van der Waals surface area contributed by atoms with E-state index in [4.69, 9.17) is 5.26 Å². The zero-order valence-corrected chi connectivity index (χ0v) is 10.8. The molecule has 106 valence electrons. The Hall–Kier alpha value is -3.28. The van der Waals surface area contributed by atoms with Gasteiger partial charge in [-0.1, -0.05) is 0 Å². The summed E-state index contributed by atoms with van der Waals surface area (Å²) in [7, 11) is 1.19. The number of nitrogens with one attached hydrogen (secondary N) is 2. The number of hydrogen-bond acceptors (Lipinski definition) is 7. The van der Waals surface area contributed by atoms with Crippen LogP contribution in [-0.2, 0) is 4.74 Å². The maximum Gasteiger partial charge on any atom is 0.340 e. The van der Waals surface area contributed by atoms with Crippen molar-refractivity contribution in [2.75, 3.05) is 12.4 Å². The van der Waals surface area contributed by atoms with E-state index in [9.17, 15) is 9.18 Å². The lowest BCUT2D eigenvalue weighted by Gasteiger charge is -2.07. The van der Waals surface area contributed by atoms with Crippen molar-refractivity contribution in [3.8, 4) is 6.07 Å². The molecular formula is C12H9FN6O2. The highest BCUT2D eigenvalue weighted by Crippen LogP contribution is 2.19. The van der Waals surface area contributed by atoms with E-state index in [0.29, 0.717) is 0 Å². The molecule has 0 saturated heterocycles. The molecule has 21 heavy (non-hydrogen) atoms. The summed E-state index contributed by atoms with van der Waals surface area (Å²) in [6.45, 7) is 0. The van der Waals surface area contributed by atoms with E-state index in [0.717, 1.165) is 6.07 Å². The van der Waals surface area contributed by atoms with E-state index in [1.54, 1.807) is 0 Å². The van der Waals surface area contributed by atoms with E-state index in [-0.39, 0.29) is 22.6 Å². The normalized spacial score (nSPS) is 10.8. The SMILES string of the molecule is COC(=O)c1cc(F)ccc1NC=C(C#N)c1nn[nH]n1. The molecule has 0 saturated carbocycles. The third-order valence-corrected chi connectivity index (χ3v) is 2.47. The summed E-state index contributed by atoms with van der Waals surface area (Å²) in [5.41, 5.74) is 0.363. The number of carbonyl (C=O) groups is 1. The van der Waals surface area contributed by atoms with Gasteiger partial charge in [0.2, 0.25) is 5.82 Å². The van der Waals surface area contributed by atoms with E-state index >= 15 is 0 Å². The summed E-state index contributed by atoms with van der Waals surface area (Å²) < 4.78 is 17.8. The van der Waals surface area contributed by atoms with Gasteiger partial charge < -0.3 is 10.1 Å². The first-order chi connectivity index (χ1) is 10.2. The maximum absolute atomic E-state index is 13.2. The van der Waals surface area contributed by atoms with Crippen molar-refractivity contribution in [1.29, 1.82) is 5.26 Å². The number of nitrogens with zero attached hydrogens (tertiary/aromatic N) is 4. The number of rotatable bonds is 4. The van der Waals surface area contributed by atoms with Crippen molar-refractivity contribution in [1.82, 2.24) is 20.6 Å². The van der Waals surface area contributed by atoms with Crippen LogP contribution in [0.15, 0.2) is 24.4 Å². The number of benzene rings is 1. The quantitative estimate of drug-likeness (QED) is 0.639. The van der Waals surface area contributed by atoms with Crippen LogP contribution in [0, 0.1) is 17.1 Å². The second kappa shape index (κ2) is 6.25. The molecule has 2 N–H and O–H groups in total. The Labute approximate surface area is 118 Å². The number of carbonyl (C=O) groups excluding carboxylic acids is 1. The number of hydrogen-bond donors (Lipinski definition) is 2.